The molecule has 1 saturated carbocycles. The molecule has 1 fully saturated rings. The minimum atomic E-state index is 0.719. The lowest BCUT2D eigenvalue weighted by Gasteiger charge is -2.29. The number of nitrogens with zero attached hydrogens (tertiary/aromatic N) is 2. The Bertz CT molecular complexity index is 408. The molecule has 1 aromatic heterocycles. The monoisotopic (exact) mass is 263 g/mol. The maximum atomic E-state index is 4.66. The van der Waals surface area contributed by atoms with Crippen LogP contribution in [0.1, 0.15) is 56.5 Å². The Morgan fingerprint density at radius 2 is 2.00 bits per heavy atom. The third-order valence-electron chi connectivity index (χ3n) is 4.73. The normalized spacial score (nSPS) is 23.8. The first-order valence-electron chi connectivity index (χ1n) is 7.89. The van der Waals surface area contributed by atoms with Crippen LogP contribution in [0.4, 0.5) is 0 Å². The molecular formula is C16H29N3. The summed E-state index contributed by atoms with van der Waals surface area (Å²) in [6.07, 6.45) is 6.62. The zero-order valence-corrected chi connectivity index (χ0v) is 13.0. The summed E-state index contributed by atoms with van der Waals surface area (Å²) in [5.74, 6) is 0.834. The lowest BCUT2D eigenvalue weighted by molar-refractivity contribution is 0.277. The fourth-order valence-corrected chi connectivity index (χ4v) is 3.44. The van der Waals surface area contributed by atoms with E-state index in [1.54, 1.807) is 0 Å². The molecule has 3 heteroatoms. The maximum Gasteiger partial charge on any atom is 0.0628 e. The van der Waals surface area contributed by atoms with Gasteiger partial charge in [-0.25, -0.2) is 0 Å². The van der Waals surface area contributed by atoms with E-state index >= 15 is 0 Å². The third kappa shape index (κ3) is 3.38. The number of nitrogens with one attached hydrogen (secondary N) is 1. The lowest BCUT2D eigenvalue weighted by Crippen LogP contribution is -2.39. The van der Waals surface area contributed by atoms with Crippen LogP contribution in [0.2, 0.25) is 0 Å². The summed E-state index contributed by atoms with van der Waals surface area (Å²) in [7, 11) is 0. The van der Waals surface area contributed by atoms with Crippen LogP contribution < -0.4 is 5.32 Å². The Balaban J connectivity index is 1.85. The number of rotatable bonds is 5. The molecule has 19 heavy (non-hydrogen) atoms. The molecule has 1 aromatic rings. The predicted molar refractivity (Wildman–Crippen MR) is 80.5 cm³/mol. The molecule has 1 aliphatic rings. The van der Waals surface area contributed by atoms with E-state index in [4.69, 9.17) is 0 Å². The van der Waals surface area contributed by atoms with Crippen molar-refractivity contribution in [2.45, 2.75) is 72.4 Å². The number of aromatic nitrogens is 2. The van der Waals surface area contributed by atoms with Gasteiger partial charge in [-0.2, -0.15) is 5.10 Å². The molecule has 2 rings (SSSR count). The van der Waals surface area contributed by atoms with Crippen molar-refractivity contribution in [1.29, 1.82) is 0 Å². The minimum Gasteiger partial charge on any atom is -0.312 e. The Hall–Kier alpha value is -0.830. The smallest absolute Gasteiger partial charge is 0.0628 e. The van der Waals surface area contributed by atoms with E-state index < -0.39 is 0 Å². The zero-order chi connectivity index (χ0) is 13.8. The van der Waals surface area contributed by atoms with E-state index in [-0.39, 0.29) is 0 Å². The molecule has 0 spiro atoms. The highest BCUT2D eigenvalue weighted by Crippen LogP contribution is 2.23. The lowest BCUT2D eigenvalue weighted by atomic mass is 9.86. The molecule has 0 aliphatic heterocycles. The molecule has 108 valence electrons. The van der Waals surface area contributed by atoms with Crippen LogP contribution in [-0.4, -0.2) is 22.4 Å². The summed E-state index contributed by atoms with van der Waals surface area (Å²) in [4.78, 5) is 0. The maximum absolute atomic E-state index is 4.66. The summed E-state index contributed by atoms with van der Waals surface area (Å²) in [5, 5.41) is 8.39. The van der Waals surface area contributed by atoms with Gasteiger partial charge in [-0.15, -0.1) is 0 Å². The molecule has 0 saturated heterocycles. The largest absolute Gasteiger partial charge is 0.312 e. The molecule has 1 N–H and O–H groups in total. The number of hydrogen-bond donors (Lipinski definition) is 1. The average molecular weight is 263 g/mol. The van der Waals surface area contributed by atoms with Crippen molar-refractivity contribution >= 4 is 0 Å². The molecule has 0 radical (unpaired) electrons. The number of hydrogen-bond acceptors (Lipinski definition) is 2. The minimum absolute atomic E-state index is 0.719. The molecule has 3 nitrogen and oxygen atoms in total. The third-order valence-corrected chi connectivity index (χ3v) is 4.73. The standard InChI is InChI=1S/C16H29N3/c1-5-15-13(3)18-19(14(15)4)11-10-17-16-9-7-6-8-12(16)2/h12,16-17H,5-11H2,1-4H3. The van der Waals surface area contributed by atoms with Crippen molar-refractivity contribution in [3.05, 3.63) is 17.0 Å². The van der Waals surface area contributed by atoms with Crippen LogP contribution in [0.15, 0.2) is 0 Å². The summed E-state index contributed by atoms with van der Waals surface area (Å²) in [5.41, 5.74) is 3.97. The van der Waals surface area contributed by atoms with E-state index in [1.807, 2.05) is 0 Å². The van der Waals surface area contributed by atoms with E-state index in [0.29, 0.717) is 0 Å². The summed E-state index contributed by atoms with van der Waals surface area (Å²) in [6, 6.07) is 0.719. The predicted octanol–water partition coefficient (Wildman–Crippen LogP) is 3.23. The second-order valence-electron chi connectivity index (χ2n) is 6.05. The molecule has 0 bridgehead atoms. The van der Waals surface area contributed by atoms with Crippen molar-refractivity contribution < 1.29 is 0 Å². The molecule has 0 amide bonds. The van der Waals surface area contributed by atoms with Crippen LogP contribution >= 0.6 is 0 Å². The van der Waals surface area contributed by atoms with Crippen molar-refractivity contribution in [2.75, 3.05) is 6.54 Å². The molecule has 0 aromatic carbocycles. The van der Waals surface area contributed by atoms with Gasteiger partial charge in [0.25, 0.3) is 0 Å². The van der Waals surface area contributed by atoms with E-state index in [1.165, 1.54) is 42.6 Å². The Morgan fingerprint density at radius 3 is 2.63 bits per heavy atom. The van der Waals surface area contributed by atoms with Gasteiger partial charge in [0.05, 0.1) is 12.2 Å². The van der Waals surface area contributed by atoms with Crippen LogP contribution in [0.3, 0.4) is 0 Å². The Kier molecular flexibility index (Phi) is 5.03. The highest BCUT2D eigenvalue weighted by Gasteiger charge is 2.20. The van der Waals surface area contributed by atoms with Gasteiger partial charge in [0, 0.05) is 18.3 Å². The van der Waals surface area contributed by atoms with Crippen molar-refractivity contribution in [3.8, 4) is 0 Å². The van der Waals surface area contributed by atoms with Gasteiger partial charge in [-0.1, -0.05) is 26.7 Å². The summed E-state index contributed by atoms with van der Waals surface area (Å²) < 4.78 is 2.18. The van der Waals surface area contributed by atoms with Crippen LogP contribution in [0.25, 0.3) is 0 Å². The van der Waals surface area contributed by atoms with E-state index in [2.05, 4.69) is 42.8 Å². The topological polar surface area (TPSA) is 29.9 Å². The van der Waals surface area contributed by atoms with Gasteiger partial charge >= 0.3 is 0 Å². The highest BCUT2D eigenvalue weighted by atomic mass is 15.3. The SMILES string of the molecule is CCc1c(C)nn(CCNC2CCCCC2C)c1C. The van der Waals surface area contributed by atoms with E-state index in [0.717, 1.165) is 31.5 Å². The second kappa shape index (κ2) is 6.56. The molecule has 1 aliphatic carbocycles. The van der Waals surface area contributed by atoms with Gasteiger partial charge < -0.3 is 5.32 Å². The van der Waals surface area contributed by atoms with Gasteiger partial charge in [0.1, 0.15) is 0 Å². The first kappa shape index (κ1) is 14.6. The van der Waals surface area contributed by atoms with E-state index in [9.17, 15) is 0 Å². The first-order chi connectivity index (χ1) is 9.13. The van der Waals surface area contributed by atoms with Crippen molar-refractivity contribution in [3.63, 3.8) is 0 Å². The Labute approximate surface area is 117 Å². The summed E-state index contributed by atoms with van der Waals surface area (Å²) >= 11 is 0. The van der Waals surface area contributed by atoms with Gasteiger partial charge in [0.2, 0.25) is 0 Å². The zero-order valence-electron chi connectivity index (χ0n) is 13.0. The van der Waals surface area contributed by atoms with Crippen LogP contribution in [-0.2, 0) is 13.0 Å². The quantitative estimate of drug-likeness (QED) is 0.884. The number of aryl methyl sites for hydroxylation is 1. The molecule has 2 atom stereocenters. The molecule has 2 unspecified atom stereocenters. The molecular weight excluding hydrogens is 234 g/mol. The first-order valence-corrected chi connectivity index (χ1v) is 7.89. The van der Waals surface area contributed by atoms with Gasteiger partial charge in [0.15, 0.2) is 0 Å². The van der Waals surface area contributed by atoms with Crippen molar-refractivity contribution in [1.82, 2.24) is 15.1 Å². The second-order valence-corrected chi connectivity index (χ2v) is 6.05. The Morgan fingerprint density at radius 1 is 1.26 bits per heavy atom. The molecule has 1 heterocycles. The van der Waals surface area contributed by atoms with Gasteiger partial charge in [-0.05, 0) is 44.6 Å². The fourth-order valence-electron chi connectivity index (χ4n) is 3.44. The fraction of sp³-hybridized carbons (Fsp3) is 0.812. The summed E-state index contributed by atoms with van der Waals surface area (Å²) in [6.45, 7) is 11.0. The van der Waals surface area contributed by atoms with Crippen LogP contribution in [0, 0.1) is 19.8 Å². The van der Waals surface area contributed by atoms with Crippen LogP contribution in [0.5, 0.6) is 0 Å². The highest BCUT2D eigenvalue weighted by molar-refractivity contribution is 5.24. The van der Waals surface area contributed by atoms with Gasteiger partial charge in [-0.3, -0.25) is 4.68 Å². The van der Waals surface area contributed by atoms with Crippen molar-refractivity contribution in [2.24, 2.45) is 5.92 Å². The average Bonchev–Trinajstić information content (AvgIpc) is 2.66.